The molecule has 0 atom stereocenters. The Kier molecular flexibility index (Phi) is 5.01. The predicted molar refractivity (Wildman–Crippen MR) is 179 cm³/mol. The van der Waals surface area contributed by atoms with Crippen molar-refractivity contribution in [2.45, 2.75) is 19.3 Å². The second kappa shape index (κ2) is 8.76. The number of hydrogen-bond donors (Lipinski definition) is 0. The van der Waals surface area contributed by atoms with Gasteiger partial charge in [0.25, 0.3) is 0 Å². The quantitative estimate of drug-likeness (QED) is 0.211. The van der Waals surface area contributed by atoms with Crippen molar-refractivity contribution >= 4 is 54.1 Å². The number of hydrogen-bond acceptors (Lipinski definition) is 4. The molecule has 206 valence electrons. The lowest BCUT2D eigenvalue weighted by atomic mass is 9.81. The minimum atomic E-state index is -0.0737. The lowest BCUT2D eigenvalue weighted by molar-refractivity contribution is 0.415. The fourth-order valence-corrected chi connectivity index (χ4v) is 8.65. The molecule has 0 amide bonds. The summed E-state index contributed by atoms with van der Waals surface area (Å²) in [5.74, 6) is 1.50. The number of methoxy groups -OCH3 is 1. The summed E-state index contributed by atoms with van der Waals surface area (Å²) >= 11 is 1.90. The average molecular weight is 574 g/mol. The summed E-state index contributed by atoms with van der Waals surface area (Å²) in [7, 11) is 1.69. The van der Waals surface area contributed by atoms with E-state index in [0.717, 1.165) is 33.4 Å². The summed E-state index contributed by atoms with van der Waals surface area (Å²) in [4.78, 5) is 11.9. The number of aromatic nitrogens is 3. The van der Waals surface area contributed by atoms with E-state index in [9.17, 15) is 0 Å². The van der Waals surface area contributed by atoms with Crippen LogP contribution in [0.5, 0.6) is 5.75 Å². The molecular weight excluding hydrogens is 547 g/mol. The lowest BCUT2D eigenvalue weighted by Crippen LogP contribution is -2.14. The Bertz CT molecular complexity index is 2410. The monoisotopic (exact) mass is 573 g/mol. The van der Waals surface area contributed by atoms with Crippen LogP contribution in [-0.2, 0) is 5.41 Å². The number of fused-ring (bicyclic) bond motifs is 10. The van der Waals surface area contributed by atoms with Crippen molar-refractivity contribution in [3.8, 4) is 33.4 Å². The molecule has 3 aromatic heterocycles. The molecule has 9 rings (SSSR count). The highest BCUT2D eigenvalue weighted by atomic mass is 32.1. The van der Waals surface area contributed by atoms with Crippen LogP contribution in [0.3, 0.4) is 0 Å². The van der Waals surface area contributed by atoms with Crippen LogP contribution in [0.4, 0.5) is 0 Å². The summed E-state index contributed by atoms with van der Waals surface area (Å²) < 4.78 is 9.01. The van der Waals surface area contributed by atoms with Crippen molar-refractivity contribution in [1.82, 2.24) is 14.5 Å². The maximum absolute atomic E-state index is 5.44. The fourth-order valence-electron chi connectivity index (χ4n) is 7.11. The van der Waals surface area contributed by atoms with Gasteiger partial charge in [-0.1, -0.05) is 86.6 Å². The predicted octanol–water partition coefficient (Wildman–Crippen LogP) is 9.92. The lowest BCUT2D eigenvalue weighted by Gasteiger charge is -2.21. The number of benzene rings is 5. The summed E-state index contributed by atoms with van der Waals surface area (Å²) in [6.45, 7) is 4.72. The molecule has 0 radical (unpaired) electrons. The van der Waals surface area contributed by atoms with E-state index in [0.29, 0.717) is 5.95 Å². The molecule has 5 heteroatoms. The molecule has 0 unspecified atom stereocenters. The van der Waals surface area contributed by atoms with Gasteiger partial charge in [0.2, 0.25) is 5.95 Å². The van der Waals surface area contributed by atoms with E-state index in [1.165, 1.54) is 47.9 Å². The first-order valence-corrected chi connectivity index (χ1v) is 15.4. The summed E-state index contributed by atoms with van der Waals surface area (Å²) in [6.07, 6.45) is 0. The van der Waals surface area contributed by atoms with Crippen molar-refractivity contribution in [1.29, 1.82) is 0 Å². The molecule has 0 fully saturated rings. The molecule has 8 aromatic rings. The van der Waals surface area contributed by atoms with Gasteiger partial charge in [0.1, 0.15) is 5.75 Å². The molecule has 0 saturated heterocycles. The van der Waals surface area contributed by atoms with Crippen LogP contribution in [0.1, 0.15) is 25.0 Å². The Morgan fingerprint density at radius 2 is 1.42 bits per heavy atom. The first-order chi connectivity index (χ1) is 21.0. The highest BCUT2D eigenvalue weighted by Gasteiger charge is 2.39. The van der Waals surface area contributed by atoms with E-state index in [4.69, 9.17) is 14.7 Å². The van der Waals surface area contributed by atoms with Crippen LogP contribution >= 0.6 is 11.3 Å². The van der Waals surface area contributed by atoms with Gasteiger partial charge in [-0.2, -0.15) is 0 Å². The third-order valence-corrected chi connectivity index (χ3v) is 10.4. The highest BCUT2D eigenvalue weighted by Crippen LogP contribution is 2.56. The number of thiophene rings is 1. The maximum Gasteiger partial charge on any atom is 0.235 e. The molecular formula is C38H27N3OS. The van der Waals surface area contributed by atoms with Crippen molar-refractivity contribution < 1.29 is 4.74 Å². The minimum absolute atomic E-state index is 0.0737. The van der Waals surface area contributed by atoms with Gasteiger partial charge in [-0.05, 0) is 58.5 Å². The van der Waals surface area contributed by atoms with Gasteiger partial charge in [0, 0.05) is 32.0 Å². The smallest absolute Gasteiger partial charge is 0.235 e. The number of ether oxygens (including phenoxy) is 1. The van der Waals surface area contributed by atoms with Gasteiger partial charge in [-0.25, -0.2) is 9.97 Å². The zero-order valence-electron chi connectivity index (χ0n) is 24.1. The fraction of sp³-hybridized carbons (Fsp3) is 0.105. The van der Waals surface area contributed by atoms with E-state index in [1.54, 1.807) is 7.11 Å². The number of para-hydroxylation sites is 2. The molecule has 0 aliphatic heterocycles. The van der Waals surface area contributed by atoms with E-state index in [2.05, 4.69) is 109 Å². The Morgan fingerprint density at radius 1 is 0.698 bits per heavy atom. The van der Waals surface area contributed by atoms with Gasteiger partial charge in [-0.15, -0.1) is 11.3 Å². The van der Waals surface area contributed by atoms with E-state index >= 15 is 0 Å². The Morgan fingerprint density at radius 3 is 2.26 bits per heavy atom. The van der Waals surface area contributed by atoms with Crippen LogP contribution < -0.4 is 4.74 Å². The van der Waals surface area contributed by atoms with Crippen LogP contribution in [0.15, 0.2) is 109 Å². The third kappa shape index (κ3) is 3.31. The molecule has 0 saturated carbocycles. The molecule has 5 aromatic carbocycles. The van der Waals surface area contributed by atoms with Crippen LogP contribution in [0, 0.1) is 0 Å². The van der Waals surface area contributed by atoms with Crippen molar-refractivity contribution in [2.75, 3.05) is 7.11 Å². The van der Waals surface area contributed by atoms with Gasteiger partial charge in [0.05, 0.1) is 34.1 Å². The van der Waals surface area contributed by atoms with Crippen molar-refractivity contribution in [3.05, 3.63) is 120 Å². The number of rotatable bonds is 3. The summed E-state index contributed by atoms with van der Waals surface area (Å²) in [5.41, 5.74) is 9.23. The molecule has 0 N–H and O–H groups in total. The average Bonchev–Trinajstić information content (AvgIpc) is 3.67. The van der Waals surface area contributed by atoms with Gasteiger partial charge >= 0.3 is 0 Å². The Labute approximate surface area is 252 Å². The number of nitrogens with zero attached hydrogens (tertiary/aromatic N) is 3. The second-order valence-electron chi connectivity index (χ2n) is 11.8. The standard InChI is InChI=1S/C38H27N3OS/c1-38(2)29-13-7-4-11-26(29)35-32(38)28-21-20-25-24-10-6-9-15-31(24)41(34(25)36(28)43-35)37-39-30-14-8-5-12-27(30)33(40-37)22-16-18-23(42-3)19-17-22/h4-21H,1-3H3. The van der Waals surface area contributed by atoms with Crippen LogP contribution in [0.2, 0.25) is 0 Å². The first-order valence-electron chi connectivity index (χ1n) is 14.5. The topological polar surface area (TPSA) is 39.9 Å². The normalized spacial score (nSPS) is 13.7. The molecule has 1 aliphatic rings. The third-order valence-electron chi connectivity index (χ3n) is 9.12. The van der Waals surface area contributed by atoms with E-state index in [1.807, 2.05) is 29.5 Å². The zero-order valence-corrected chi connectivity index (χ0v) is 24.9. The zero-order chi connectivity index (χ0) is 28.9. The molecule has 3 heterocycles. The summed E-state index contributed by atoms with van der Waals surface area (Å²) in [6, 6.07) is 38.5. The largest absolute Gasteiger partial charge is 0.497 e. The van der Waals surface area contributed by atoms with Gasteiger partial charge < -0.3 is 4.74 Å². The molecule has 0 spiro atoms. The molecule has 0 bridgehead atoms. The molecule has 43 heavy (non-hydrogen) atoms. The Hall–Kier alpha value is -5.00. The van der Waals surface area contributed by atoms with Gasteiger partial charge in [-0.3, -0.25) is 4.57 Å². The minimum Gasteiger partial charge on any atom is -0.497 e. The van der Waals surface area contributed by atoms with Crippen molar-refractivity contribution in [3.63, 3.8) is 0 Å². The van der Waals surface area contributed by atoms with E-state index in [-0.39, 0.29) is 5.41 Å². The molecule has 4 nitrogen and oxygen atoms in total. The maximum atomic E-state index is 5.44. The highest BCUT2D eigenvalue weighted by molar-refractivity contribution is 7.23. The second-order valence-corrected chi connectivity index (χ2v) is 12.8. The van der Waals surface area contributed by atoms with Gasteiger partial charge in [0.15, 0.2) is 0 Å². The van der Waals surface area contributed by atoms with Crippen LogP contribution in [0.25, 0.3) is 70.4 Å². The SMILES string of the molecule is COc1ccc(-c2nc(-n3c4ccccc4c4ccc5c6c(sc5c43)-c3ccccc3C6(C)C)nc3ccccc23)cc1. The van der Waals surface area contributed by atoms with Crippen molar-refractivity contribution in [2.24, 2.45) is 0 Å². The van der Waals surface area contributed by atoms with Crippen LogP contribution in [-0.4, -0.2) is 21.6 Å². The summed E-state index contributed by atoms with van der Waals surface area (Å²) in [5, 5.41) is 4.76. The molecule has 1 aliphatic carbocycles. The van der Waals surface area contributed by atoms with E-state index < -0.39 is 0 Å². The Balaban J connectivity index is 1.40. The first kappa shape index (κ1) is 24.6.